The van der Waals surface area contributed by atoms with Crippen LogP contribution >= 0.6 is 0 Å². The molecular weight excluding hydrogens is 353 g/mol. The number of amides is 1. The number of morpholine rings is 1. The lowest BCUT2D eigenvalue weighted by Gasteiger charge is -2.32. The van der Waals surface area contributed by atoms with E-state index in [1.807, 2.05) is 13.8 Å². The fraction of sp³-hybridized carbons (Fsp3) is 0.600. The van der Waals surface area contributed by atoms with Gasteiger partial charge >= 0.3 is 6.18 Å². The number of fused-ring (bicyclic) bond motifs is 1. The number of aromatic nitrogens is 4. The van der Waals surface area contributed by atoms with Gasteiger partial charge in [0.2, 0.25) is 5.91 Å². The Labute approximate surface area is 147 Å². The third-order valence-corrected chi connectivity index (χ3v) is 4.08. The van der Waals surface area contributed by atoms with Crippen molar-refractivity contribution in [1.29, 1.82) is 0 Å². The molecule has 0 radical (unpaired) electrons. The third-order valence-electron chi connectivity index (χ3n) is 4.08. The minimum absolute atomic E-state index is 0.0246. The first-order valence-corrected chi connectivity index (χ1v) is 8.20. The van der Waals surface area contributed by atoms with Crippen molar-refractivity contribution < 1.29 is 22.7 Å². The Kier molecular flexibility index (Phi) is 4.99. The highest BCUT2D eigenvalue weighted by atomic mass is 19.4. The van der Waals surface area contributed by atoms with Gasteiger partial charge in [0.25, 0.3) is 5.82 Å². The molecule has 1 aliphatic heterocycles. The molecule has 1 N–H and O–H groups in total. The summed E-state index contributed by atoms with van der Waals surface area (Å²) in [5, 5.41) is 13.5. The zero-order valence-corrected chi connectivity index (χ0v) is 14.3. The largest absolute Gasteiger partial charge is 0.453 e. The van der Waals surface area contributed by atoms with Gasteiger partial charge in [-0.15, -0.1) is 15.3 Å². The average molecular weight is 372 g/mol. The van der Waals surface area contributed by atoms with E-state index < -0.39 is 18.0 Å². The van der Waals surface area contributed by atoms with Gasteiger partial charge < -0.3 is 15.0 Å². The summed E-state index contributed by atoms with van der Waals surface area (Å²) in [5.41, 5.74) is -0.0246. The number of hydrogen-bond donors (Lipinski definition) is 1. The number of halogens is 3. The van der Waals surface area contributed by atoms with Crippen LogP contribution in [0.3, 0.4) is 0 Å². The summed E-state index contributed by atoms with van der Waals surface area (Å²) >= 11 is 0. The molecule has 142 valence electrons. The van der Waals surface area contributed by atoms with Crippen LogP contribution in [0.1, 0.15) is 19.7 Å². The van der Waals surface area contributed by atoms with Crippen molar-refractivity contribution in [3.63, 3.8) is 0 Å². The molecule has 1 saturated heterocycles. The van der Waals surface area contributed by atoms with E-state index in [9.17, 15) is 18.0 Å². The van der Waals surface area contributed by atoms with E-state index in [0.717, 1.165) is 0 Å². The lowest BCUT2D eigenvalue weighted by molar-refractivity contribution is -0.146. The summed E-state index contributed by atoms with van der Waals surface area (Å²) in [6.07, 6.45) is -4.67. The van der Waals surface area contributed by atoms with Crippen LogP contribution in [0.5, 0.6) is 0 Å². The van der Waals surface area contributed by atoms with Crippen molar-refractivity contribution in [2.24, 2.45) is 5.92 Å². The van der Waals surface area contributed by atoms with Crippen LogP contribution < -0.4 is 5.32 Å². The second kappa shape index (κ2) is 7.06. The van der Waals surface area contributed by atoms with Crippen LogP contribution in [0.25, 0.3) is 5.65 Å². The molecule has 26 heavy (non-hydrogen) atoms. The molecule has 3 rings (SSSR count). The maximum Gasteiger partial charge on any atom is 0.453 e. The van der Waals surface area contributed by atoms with E-state index in [1.165, 1.54) is 12.1 Å². The van der Waals surface area contributed by atoms with Gasteiger partial charge in [0.1, 0.15) is 11.9 Å². The van der Waals surface area contributed by atoms with E-state index >= 15 is 0 Å². The van der Waals surface area contributed by atoms with Crippen molar-refractivity contribution in [2.45, 2.75) is 26.1 Å². The minimum atomic E-state index is -4.67. The van der Waals surface area contributed by atoms with Crippen molar-refractivity contribution in [3.05, 3.63) is 18.0 Å². The van der Waals surface area contributed by atoms with E-state index in [0.29, 0.717) is 30.8 Å². The number of carbonyl (C=O) groups is 1. The zero-order valence-electron chi connectivity index (χ0n) is 14.3. The summed E-state index contributed by atoms with van der Waals surface area (Å²) in [5.74, 6) is -1.30. The normalized spacial score (nSPS) is 16.9. The van der Waals surface area contributed by atoms with E-state index in [4.69, 9.17) is 4.74 Å². The van der Waals surface area contributed by atoms with Gasteiger partial charge in [0, 0.05) is 13.1 Å². The number of rotatable bonds is 4. The molecule has 3 heterocycles. The highest BCUT2D eigenvalue weighted by Gasteiger charge is 2.38. The predicted octanol–water partition coefficient (Wildman–Crippen LogP) is 1.44. The van der Waals surface area contributed by atoms with Crippen LogP contribution in [0, 0.1) is 5.92 Å². The van der Waals surface area contributed by atoms with Crippen LogP contribution in [0.4, 0.5) is 19.0 Å². The number of anilines is 1. The maximum absolute atomic E-state index is 13.0. The Morgan fingerprint density at radius 2 is 1.92 bits per heavy atom. The van der Waals surface area contributed by atoms with Gasteiger partial charge in [-0.2, -0.15) is 17.7 Å². The van der Waals surface area contributed by atoms with Gasteiger partial charge in [-0.1, -0.05) is 13.8 Å². The summed E-state index contributed by atoms with van der Waals surface area (Å²) < 4.78 is 44.8. The van der Waals surface area contributed by atoms with Crippen molar-refractivity contribution in [2.75, 3.05) is 31.6 Å². The Bertz CT molecular complexity index is 785. The molecule has 0 saturated carbocycles. The molecule has 1 fully saturated rings. The number of nitrogens with one attached hydrogen (secondary N) is 1. The molecule has 0 bridgehead atoms. The van der Waals surface area contributed by atoms with Gasteiger partial charge in [-0.3, -0.25) is 4.79 Å². The van der Waals surface area contributed by atoms with Gasteiger partial charge in [0.15, 0.2) is 5.65 Å². The Morgan fingerprint density at radius 3 is 2.54 bits per heavy atom. The molecule has 1 atom stereocenters. The summed E-state index contributed by atoms with van der Waals surface area (Å²) in [6.45, 7) is 5.62. The number of nitrogens with zero attached hydrogens (tertiary/aromatic N) is 5. The second-order valence-electron chi connectivity index (χ2n) is 6.31. The van der Waals surface area contributed by atoms with Gasteiger partial charge in [-0.05, 0) is 18.1 Å². The quantitative estimate of drug-likeness (QED) is 0.874. The topological polar surface area (TPSA) is 84.7 Å². The van der Waals surface area contributed by atoms with Crippen molar-refractivity contribution in [3.8, 4) is 0 Å². The molecular formula is C15H19F3N6O2. The highest BCUT2D eigenvalue weighted by Crippen LogP contribution is 2.27. The molecule has 11 heteroatoms. The Morgan fingerprint density at radius 1 is 1.23 bits per heavy atom. The van der Waals surface area contributed by atoms with Crippen molar-refractivity contribution in [1.82, 2.24) is 24.7 Å². The van der Waals surface area contributed by atoms with E-state index in [1.54, 1.807) is 4.90 Å². The number of hydrogen-bond acceptors (Lipinski definition) is 6. The molecule has 2 aromatic rings. The molecule has 1 unspecified atom stereocenters. The first-order chi connectivity index (χ1) is 12.3. The SMILES string of the molecule is CC(C)C(Nc1ccc2nnc(C(F)(F)F)n2n1)C(=O)N1CCOCC1. The van der Waals surface area contributed by atoms with Crippen LogP contribution in [-0.2, 0) is 15.7 Å². The summed E-state index contributed by atoms with van der Waals surface area (Å²) in [4.78, 5) is 14.4. The predicted molar refractivity (Wildman–Crippen MR) is 85.4 cm³/mol. The molecule has 0 aromatic carbocycles. The first-order valence-electron chi connectivity index (χ1n) is 8.20. The molecule has 2 aromatic heterocycles. The third kappa shape index (κ3) is 3.71. The molecule has 0 spiro atoms. The smallest absolute Gasteiger partial charge is 0.378 e. The molecule has 1 aliphatic rings. The van der Waals surface area contributed by atoms with Crippen molar-refractivity contribution >= 4 is 17.4 Å². The number of ether oxygens (including phenoxy) is 1. The minimum Gasteiger partial charge on any atom is -0.378 e. The zero-order chi connectivity index (χ0) is 18.9. The summed E-state index contributed by atoms with van der Waals surface area (Å²) in [6, 6.07) is 2.23. The lowest BCUT2D eigenvalue weighted by atomic mass is 10.0. The lowest BCUT2D eigenvalue weighted by Crippen LogP contribution is -2.50. The van der Waals surface area contributed by atoms with Crippen LogP contribution in [0.15, 0.2) is 12.1 Å². The average Bonchev–Trinajstić information content (AvgIpc) is 3.03. The van der Waals surface area contributed by atoms with Crippen LogP contribution in [-0.4, -0.2) is 63.0 Å². The maximum atomic E-state index is 13.0. The monoisotopic (exact) mass is 372 g/mol. The fourth-order valence-corrected chi connectivity index (χ4v) is 2.70. The van der Waals surface area contributed by atoms with Gasteiger partial charge in [-0.25, -0.2) is 0 Å². The Balaban J connectivity index is 1.86. The molecule has 1 amide bonds. The first kappa shape index (κ1) is 18.4. The van der Waals surface area contributed by atoms with E-state index in [-0.39, 0.29) is 23.3 Å². The standard InChI is InChI=1S/C15H19F3N6O2/c1-9(2)12(13(25)23-5-7-26-8-6-23)19-10-3-4-11-20-21-14(15(16,17)18)24(11)22-10/h3-4,9,12H,5-8H2,1-2H3,(H,19,22). The summed E-state index contributed by atoms with van der Waals surface area (Å²) in [7, 11) is 0. The molecule has 0 aliphatic carbocycles. The highest BCUT2D eigenvalue weighted by molar-refractivity contribution is 5.84. The Hall–Kier alpha value is -2.43. The van der Waals surface area contributed by atoms with E-state index in [2.05, 4.69) is 20.6 Å². The molecule has 8 nitrogen and oxygen atoms in total. The fourth-order valence-electron chi connectivity index (χ4n) is 2.70. The van der Waals surface area contributed by atoms with Gasteiger partial charge in [0.05, 0.1) is 13.2 Å². The number of alkyl halides is 3. The number of carbonyl (C=O) groups excluding carboxylic acids is 1. The van der Waals surface area contributed by atoms with Crippen LogP contribution in [0.2, 0.25) is 0 Å². The second-order valence-corrected chi connectivity index (χ2v) is 6.31.